The second-order valence-electron chi connectivity index (χ2n) is 7.67. The highest BCUT2D eigenvalue weighted by molar-refractivity contribution is 5.82. The zero-order valence-corrected chi connectivity index (χ0v) is 17.8. The summed E-state index contributed by atoms with van der Waals surface area (Å²) in [4.78, 5) is 21.1. The summed E-state index contributed by atoms with van der Waals surface area (Å²) < 4.78 is 16.5. The molecule has 0 saturated heterocycles. The third-order valence-corrected chi connectivity index (χ3v) is 5.19. The van der Waals surface area contributed by atoms with E-state index in [2.05, 4.69) is 25.5 Å². The molecule has 0 atom stereocenters. The average Bonchev–Trinajstić information content (AvgIpc) is 3.45. The molecule has 9 heteroatoms. The lowest BCUT2D eigenvalue weighted by Gasteiger charge is -2.06. The van der Waals surface area contributed by atoms with Gasteiger partial charge in [-0.05, 0) is 49.4 Å². The minimum atomic E-state index is -0.301. The molecule has 0 spiro atoms. The molecule has 0 aliphatic rings. The topological polar surface area (TPSA) is 90.5 Å². The highest BCUT2D eigenvalue weighted by atomic mass is 19.1. The lowest BCUT2D eigenvalue weighted by atomic mass is 10.2. The number of nitrogens with one attached hydrogen (secondary N) is 1. The normalized spacial score (nSPS) is 11.1. The number of pyridine rings is 2. The van der Waals surface area contributed by atoms with Crippen LogP contribution in [0.3, 0.4) is 0 Å². The molecule has 0 aliphatic heterocycles. The third kappa shape index (κ3) is 4.47. The fourth-order valence-electron chi connectivity index (χ4n) is 3.55. The van der Waals surface area contributed by atoms with E-state index >= 15 is 0 Å². The molecule has 5 aromatic rings. The zero-order chi connectivity index (χ0) is 22.8. The van der Waals surface area contributed by atoms with E-state index in [1.54, 1.807) is 52.5 Å². The van der Waals surface area contributed by atoms with Gasteiger partial charge in [-0.15, -0.1) is 0 Å². The first-order chi connectivity index (χ1) is 16.0. The first-order valence-corrected chi connectivity index (χ1v) is 10.4. The molecule has 0 saturated carbocycles. The monoisotopic (exact) mass is 441 g/mol. The summed E-state index contributed by atoms with van der Waals surface area (Å²) in [6.45, 7) is 2.26. The predicted molar refractivity (Wildman–Crippen MR) is 120 cm³/mol. The van der Waals surface area contributed by atoms with Gasteiger partial charge in [0.15, 0.2) is 0 Å². The predicted octanol–water partition coefficient (Wildman–Crippen LogP) is 3.31. The van der Waals surface area contributed by atoms with E-state index in [1.807, 2.05) is 25.1 Å². The number of carbonyl (C=O) groups is 1. The molecular weight excluding hydrogens is 421 g/mol. The Bertz CT molecular complexity index is 1440. The van der Waals surface area contributed by atoms with E-state index in [9.17, 15) is 9.18 Å². The van der Waals surface area contributed by atoms with Crippen molar-refractivity contribution in [2.45, 2.75) is 19.9 Å². The van der Waals surface area contributed by atoms with Crippen LogP contribution < -0.4 is 5.32 Å². The van der Waals surface area contributed by atoms with Crippen LogP contribution in [-0.4, -0.2) is 35.4 Å². The molecule has 0 unspecified atom stereocenters. The number of carbonyl (C=O) groups excluding carboxylic acids is 1. The number of rotatable bonds is 6. The second-order valence-corrected chi connectivity index (χ2v) is 7.67. The van der Waals surface area contributed by atoms with Crippen LogP contribution in [-0.2, 0) is 17.8 Å². The van der Waals surface area contributed by atoms with Gasteiger partial charge < -0.3 is 5.32 Å². The van der Waals surface area contributed by atoms with E-state index in [0.717, 1.165) is 33.5 Å². The number of aryl methyl sites for hydroxylation is 1. The van der Waals surface area contributed by atoms with Gasteiger partial charge in [0.25, 0.3) is 0 Å². The summed E-state index contributed by atoms with van der Waals surface area (Å²) in [6.07, 6.45) is 8.86. The van der Waals surface area contributed by atoms with E-state index < -0.39 is 0 Å². The molecule has 0 aliphatic carbocycles. The van der Waals surface area contributed by atoms with Gasteiger partial charge in [-0.2, -0.15) is 10.2 Å². The zero-order valence-electron chi connectivity index (χ0n) is 17.8. The SMILES string of the molecule is Cc1cc(-n2ncc3cc(CC(=O)NCc4cnn(-c5ccc(F)cc5)c4)ncc32)ccn1. The fraction of sp³-hybridized carbons (Fsp3) is 0.125. The maximum atomic E-state index is 13.1. The van der Waals surface area contributed by atoms with Crippen LogP contribution in [0.2, 0.25) is 0 Å². The molecule has 1 aromatic carbocycles. The Labute approximate surface area is 188 Å². The molecule has 0 radical (unpaired) electrons. The number of halogens is 1. The van der Waals surface area contributed by atoms with Gasteiger partial charge in [-0.3, -0.25) is 14.8 Å². The van der Waals surface area contributed by atoms with Crippen LogP contribution in [0.15, 0.2) is 73.4 Å². The van der Waals surface area contributed by atoms with Crippen LogP contribution in [0.5, 0.6) is 0 Å². The Hall–Kier alpha value is -4.40. The minimum Gasteiger partial charge on any atom is -0.352 e. The standard InChI is InChI=1S/C24H20FN7O/c1-16-8-22(6-7-26-16)32-23-14-27-20(9-18(23)13-30-32)10-24(33)28-11-17-12-29-31(15-17)21-4-2-19(25)3-5-21/h2-9,12-15H,10-11H2,1H3,(H,28,33). The van der Waals surface area contributed by atoms with E-state index in [-0.39, 0.29) is 18.1 Å². The van der Waals surface area contributed by atoms with E-state index in [1.165, 1.54) is 12.1 Å². The van der Waals surface area contributed by atoms with Crippen LogP contribution in [0, 0.1) is 12.7 Å². The number of benzene rings is 1. The van der Waals surface area contributed by atoms with Crippen molar-refractivity contribution in [3.05, 3.63) is 96.2 Å². The molecule has 8 nitrogen and oxygen atoms in total. The van der Waals surface area contributed by atoms with Crippen molar-refractivity contribution in [3.63, 3.8) is 0 Å². The second kappa shape index (κ2) is 8.62. The Kier molecular flexibility index (Phi) is 5.35. The molecule has 0 bridgehead atoms. The van der Waals surface area contributed by atoms with Gasteiger partial charge in [-0.1, -0.05) is 0 Å². The number of fused-ring (bicyclic) bond motifs is 1. The Morgan fingerprint density at radius 3 is 2.67 bits per heavy atom. The van der Waals surface area contributed by atoms with Crippen LogP contribution in [0.4, 0.5) is 4.39 Å². The van der Waals surface area contributed by atoms with Gasteiger partial charge in [-0.25, -0.2) is 13.8 Å². The van der Waals surface area contributed by atoms with Crippen molar-refractivity contribution in [1.29, 1.82) is 0 Å². The van der Waals surface area contributed by atoms with Crippen molar-refractivity contribution in [2.75, 3.05) is 0 Å². The van der Waals surface area contributed by atoms with E-state index in [4.69, 9.17) is 0 Å². The number of aromatic nitrogens is 6. The Balaban J connectivity index is 1.23. The van der Waals surface area contributed by atoms with E-state index in [0.29, 0.717) is 12.2 Å². The van der Waals surface area contributed by atoms with Crippen molar-refractivity contribution in [3.8, 4) is 11.4 Å². The molecule has 1 amide bonds. The largest absolute Gasteiger partial charge is 0.352 e. The number of nitrogens with zero attached hydrogens (tertiary/aromatic N) is 6. The average molecular weight is 441 g/mol. The number of amides is 1. The minimum absolute atomic E-state index is 0.145. The van der Waals surface area contributed by atoms with Crippen LogP contribution >= 0.6 is 0 Å². The summed E-state index contributed by atoms with van der Waals surface area (Å²) in [6, 6.07) is 11.8. The first-order valence-electron chi connectivity index (χ1n) is 10.4. The van der Waals surface area contributed by atoms with Gasteiger partial charge in [0, 0.05) is 35.6 Å². The lowest BCUT2D eigenvalue weighted by molar-refractivity contribution is -0.120. The van der Waals surface area contributed by atoms with Gasteiger partial charge in [0.2, 0.25) is 5.91 Å². The Morgan fingerprint density at radius 1 is 1.00 bits per heavy atom. The summed E-state index contributed by atoms with van der Waals surface area (Å²) in [5, 5.41) is 12.5. The molecular formula is C24H20FN7O. The maximum absolute atomic E-state index is 13.1. The van der Waals surface area contributed by atoms with Gasteiger partial charge in [0.05, 0.1) is 47.6 Å². The van der Waals surface area contributed by atoms with Crippen molar-refractivity contribution in [1.82, 2.24) is 34.8 Å². The Morgan fingerprint density at radius 2 is 1.85 bits per heavy atom. The van der Waals surface area contributed by atoms with Gasteiger partial charge in [0.1, 0.15) is 5.82 Å². The molecule has 4 aromatic heterocycles. The highest BCUT2D eigenvalue weighted by Gasteiger charge is 2.10. The fourth-order valence-corrected chi connectivity index (χ4v) is 3.55. The summed E-state index contributed by atoms with van der Waals surface area (Å²) >= 11 is 0. The molecule has 0 fully saturated rings. The lowest BCUT2D eigenvalue weighted by Crippen LogP contribution is -2.24. The maximum Gasteiger partial charge on any atom is 0.226 e. The number of hydrogen-bond donors (Lipinski definition) is 1. The quantitative estimate of drug-likeness (QED) is 0.437. The smallest absolute Gasteiger partial charge is 0.226 e. The van der Waals surface area contributed by atoms with Crippen molar-refractivity contribution in [2.24, 2.45) is 0 Å². The van der Waals surface area contributed by atoms with Crippen molar-refractivity contribution >= 4 is 16.8 Å². The molecule has 5 rings (SSSR count). The number of hydrogen-bond acceptors (Lipinski definition) is 5. The van der Waals surface area contributed by atoms with Gasteiger partial charge >= 0.3 is 0 Å². The third-order valence-electron chi connectivity index (χ3n) is 5.19. The van der Waals surface area contributed by atoms with Crippen LogP contribution in [0.1, 0.15) is 17.0 Å². The first kappa shape index (κ1) is 20.5. The van der Waals surface area contributed by atoms with Crippen molar-refractivity contribution < 1.29 is 9.18 Å². The highest BCUT2D eigenvalue weighted by Crippen LogP contribution is 2.19. The van der Waals surface area contributed by atoms with Crippen LogP contribution in [0.25, 0.3) is 22.3 Å². The summed E-state index contributed by atoms with van der Waals surface area (Å²) in [5.74, 6) is -0.446. The molecule has 1 N–H and O–H groups in total. The molecule has 4 heterocycles. The molecule has 33 heavy (non-hydrogen) atoms. The summed E-state index contributed by atoms with van der Waals surface area (Å²) in [5.41, 5.74) is 4.91. The summed E-state index contributed by atoms with van der Waals surface area (Å²) in [7, 11) is 0. The molecule has 164 valence electrons.